The Balaban J connectivity index is 1.56. The Morgan fingerprint density at radius 1 is 1.14 bits per heavy atom. The van der Waals surface area contributed by atoms with Crippen molar-refractivity contribution in [2.45, 2.75) is 38.3 Å². The molecule has 0 saturated carbocycles. The second-order valence-electron chi connectivity index (χ2n) is 6.49. The molecule has 122 valence electrons. The van der Waals surface area contributed by atoms with E-state index in [1.54, 1.807) is 6.20 Å². The quantitative estimate of drug-likeness (QED) is 0.918. The molecule has 0 aromatic carbocycles. The summed E-state index contributed by atoms with van der Waals surface area (Å²) < 4.78 is 6.07. The van der Waals surface area contributed by atoms with Crippen LogP contribution in [0, 0.1) is 0 Å². The molecule has 22 heavy (non-hydrogen) atoms. The van der Waals surface area contributed by atoms with Crippen molar-refractivity contribution in [1.82, 2.24) is 14.8 Å². The maximum Gasteiger partial charge on any atom is 0.127 e. The summed E-state index contributed by atoms with van der Waals surface area (Å²) in [6, 6.07) is 4.04. The van der Waals surface area contributed by atoms with Crippen molar-refractivity contribution in [3.05, 3.63) is 23.9 Å². The molecule has 1 aromatic rings. The summed E-state index contributed by atoms with van der Waals surface area (Å²) in [6.07, 6.45) is 7.22. The van der Waals surface area contributed by atoms with E-state index in [0.717, 1.165) is 44.8 Å². The summed E-state index contributed by atoms with van der Waals surface area (Å²) in [7, 11) is 0. The van der Waals surface area contributed by atoms with Crippen molar-refractivity contribution >= 4 is 5.82 Å². The first-order valence-corrected chi connectivity index (χ1v) is 8.57. The number of anilines is 1. The molecule has 2 fully saturated rings. The van der Waals surface area contributed by atoms with Crippen LogP contribution in [0.15, 0.2) is 18.3 Å². The highest BCUT2D eigenvalue weighted by molar-refractivity contribution is 5.38. The molecule has 3 rings (SSSR count). The van der Waals surface area contributed by atoms with Gasteiger partial charge in [0.05, 0.1) is 6.10 Å². The number of hydrogen-bond donors (Lipinski definition) is 1. The van der Waals surface area contributed by atoms with Gasteiger partial charge in [0.15, 0.2) is 0 Å². The second-order valence-corrected chi connectivity index (χ2v) is 6.49. The summed E-state index contributed by atoms with van der Waals surface area (Å²) in [5.74, 6) is 0.653. The van der Waals surface area contributed by atoms with Gasteiger partial charge in [0.2, 0.25) is 0 Å². The van der Waals surface area contributed by atoms with Crippen LogP contribution in [-0.2, 0) is 11.3 Å². The molecule has 0 bridgehead atoms. The lowest BCUT2D eigenvalue weighted by atomic mass is 10.1. The molecule has 1 aromatic heterocycles. The van der Waals surface area contributed by atoms with Crippen molar-refractivity contribution in [1.29, 1.82) is 0 Å². The van der Waals surface area contributed by atoms with Gasteiger partial charge >= 0.3 is 0 Å². The highest BCUT2D eigenvalue weighted by Crippen LogP contribution is 2.16. The first-order valence-electron chi connectivity index (χ1n) is 8.57. The van der Waals surface area contributed by atoms with Crippen LogP contribution in [0.4, 0.5) is 5.82 Å². The molecule has 1 atom stereocenters. The van der Waals surface area contributed by atoms with Crippen LogP contribution in [0.25, 0.3) is 0 Å². The fraction of sp³-hybridized carbons (Fsp3) is 0.706. The summed E-state index contributed by atoms with van der Waals surface area (Å²) in [4.78, 5) is 9.23. The van der Waals surface area contributed by atoms with Gasteiger partial charge in [0.25, 0.3) is 0 Å². The van der Waals surface area contributed by atoms with Gasteiger partial charge in [0.1, 0.15) is 5.82 Å². The third-order valence-electron chi connectivity index (χ3n) is 4.66. The minimum absolute atomic E-state index is 0.318. The molecule has 2 aliphatic rings. The smallest absolute Gasteiger partial charge is 0.127 e. The van der Waals surface area contributed by atoms with E-state index in [1.807, 2.05) is 6.07 Å². The Kier molecular flexibility index (Phi) is 5.64. The van der Waals surface area contributed by atoms with Gasteiger partial charge in [-0.2, -0.15) is 0 Å². The molecule has 5 heteroatoms. The molecular formula is C17H28N4O. The monoisotopic (exact) mass is 304 g/mol. The number of rotatable bonds is 4. The third-order valence-corrected chi connectivity index (χ3v) is 4.66. The van der Waals surface area contributed by atoms with E-state index in [2.05, 4.69) is 20.9 Å². The SMILES string of the molecule is Nc1ncccc1CN1CCCOC(CN2CCCCC2)C1. The van der Waals surface area contributed by atoms with E-state index in [4.69, 9.17) is 10.5 Å². The van der Waals surface area contributed by atoms with Gasteiger partial charge in [-0.1, -0.05) is 12.5 Å². The van der Waals surface area contributed by atoms with E-state index in [-0.39, 0.29) is 0 Å². The van der Waals surface area contributed by atoms with Gasteiger partial charge < -0.3 is 15.4 Å². The number of piperidine rings is 1. The standard InChI is InChI=1S/C17H28N4O/c18-17-15(6-4-7-19-17)12-21-10-5-11-22-16(14-21)13-20-8-2-1-3-9-20/h4,6-7,16H,1-3,5,8-14H2,(H2,18,19). The first-order chi connectivity index (χ1) is 10.8. The zero-order valence-electron chi connectivity index (χ0n) is 13.4. The molecule has 0 radical (unpaired) electrons. The zero-order valence-corrected chi connectivity index (χ0v) is 13.4. The normalized spacial score (nSPS) is 25.0. The van der Waals surface area contributed by atoms with Gasteiger partial charge in [-0.25, -0.2) is 4.98 Å². The lowest BCUT2D eigenvalue weighted by molar-refractivity contribution is 0.0217. The number of aromatic nitrogens is 1. The van der Waals surface area contributed by atoms with Gasteiger partial charge in [0, 0.05) is 44.5 Å². The maximum absolute atomic E-state index is 6.07. The van der Waals surface area contributed by atoms with E-state index >= 15 is 0 Å². The van der Waals surface area contributed by atoms with Crippen LogP contribution >= 0.6 is 0 Å². The predicted molar refractivity (Wildman–Crippen MR) is 88.6 cm³/mol. The average molecular weight is 304 g/mol. The number of nitrogen functional groups attached to an aromatic ring is 1. The van der Waals surface area contributed by atoms with Crippen LogP contribution in [0.2, 0.25) is 0 Å². The summed E-state index contributed by atoms with van der Waals surface area (Å²) in [5, 5.41) is 0. The lowest BCUT2D eigenvalue weighted by Crippen LogP contribution is -2.42. The largest absolute Gasteiger partial charge is 0.383 e. The van der Waals surface area contributed by atoms with E-state index < -0.39 is 0 Å². The predicted octanol–water partition coefficient (Wildman–Crippen LogP) is 1.74. The molecule has 2 N–H and O–H groups in total. The van der Waals surface area contributed by atoms with Crippen molar-refractivity contribution in [2.75, 3.05) is 45.1 Å². The third kappa shape index (κ3) is 4.41. The minimum atomic E-state index is 0.318. The fourth-order valence-electron chi connectivity index (χ4n) is 3.48. The molecular weight excluding hydrogens is 276 g/mol. The summed E-state index contributed by atoms with van der Waals surface area (Å²) >= 11 is 0. The summed E-state index contributed by atoms with van der Waals surface area (Å²) in [5.41, 5.74) is 7.11. The van der Waals surface area contributed by atoms with Crippen LogP contribution in [0.3, 0.4) is 0 Å². The van der Waals surface area contributed by atoms with Crippen molar-refractivity contribution in [3.8, 4) is 0 Å². The van der Waals surface area contributed by atoms with Crippen molar-refractivity contribution in [2.24, 2.45) is 0 Å². The van der Waals surface area contributed by atoms with Crippen molar-refractivity contribution < 1.29 is 4.74 Å². The molecule has 0 aliphatic carbocycles. The highest BCUT2D eigenvalue weighted by Gasteiger charge is 2.22. The minimum Gasteiger partial charge on any atom is -0.383 e. The van der Waals surface area contributed by atoms with Gasteiger partial charge in [-0.05, 0) is 38.4 Å². The number of hydrogen-bond acceptors (Lipinski definition) is 5. The van der Waals surface area contributed by atoms with Crippen LogP contribution in [0.1, 0.15) is 31.2 Å². The Labute approximate surface area is 133 Å². The van der Waals surface area contributed by atoms with Gasteiger partial charge in [-0.15, -0.1) is 0 Å². The molecule has 1 unspecified atom stereocenters. The molecule has 3 heterocycles. The average Bonchev–Trinajstić information content (AvgIpc) is 2.76. The number of nitrogens with two attached hydrogens (primary N) is 1. The summed E-state index contributed by atoms with van der Waals surface area (Å²) in [6.45, 7) is 7.34. The first kappa shape index (κ1) is 15.7. The molecule has 0 amide bonds. The fourth-order valence-corrected chi connectivity index (χ4v) is 3.48. The van der Waals surface area contributed by atoms with E-state index in [1.165, 1.54) is 32.4 Å². The molecule has 2 saturated heterocycles. The van der Waals surface area contributed by atoms with Crippen LogP contribution < -0.4 is 5.73 Å². The Morgan fingerprint density at radius 2 is 1.95 bits per heavy atom. The number of likely N-dealkylation sites (tertiary alicyclic amines) is 1. The van der Waals surface area contributed by atoms with Crippen LogP contribution in [0.5, 0.6) is 0 Å². The zero-order chi connectivity index (χ0) is 15.2. The second kappa shape index (κ2) is 7.90. The highest BCUT2D eigenvalue weighted by atomic mass is 16.5. The molecule has 5 nitrogen and oxygen atoms in total. The van der Waals surface area contributed by atoms with Crippen LogP contribution in [-0.4, -0.2) is 60.2 Å². The number of pyridine rings is 1. The van der Waals surface area contributed by atoms with E-state index in [9.17, 15) is 0 Å². The lowest BCUT2D eigenvalue weighted by Gasteiger charge is -2.31. The van der Waals surface area contributed by atoms with Crippen molar-refractivity contribution in [3.63, 3.8) is 0 Å². The number of nitrogens with zero attached hydrogens (tertiary/aromatic N) is 3. The Morgan fingerprint density at radius 3 is 2.77 bits per heavy atom. The van der Waals surface area contributed by atoms with E-state index in [0.29, 0.717) is 11.9 Å². The Hall–Kier alpha value is -1.17. The van der Waals surface area contributed by atoms with Gasteiger partial charge in [-0.3, -0.25) is 4.90 Å². The molecule has 2 aliphatic heterocycles. The maximum atomic E-state index is 6.07. The molecule has 0 spiro atoms. The topological polar surface area (TPSA) is 54.6 Å². The number of ether oxygens (including phenoxy) is 1. The Bertz CT molecular complexity index is 462.